The van der Waals surface area contributed by atoms with Crippen molar-refractivity contribution in [3.05, 3.63) is 30.1 Å². The number of methoxy groups -OCH3 is 1. The number of hydrogen-bond acceptors (Lipinski definition) is 7. The van der Waals surface area contributed by atoms with E-state index in [-0.39, 0.29) is 0 Å². The molecule has 0 bridgehead atoms. The zero-order valence-corrected chi connectivity index (χ0v) is 13.6. The summed E-state index contributed by atoms with van der Waals surface area (Å²) in [6.07, 6.45) is 5.89. The Hall–Kier alpha value is -2.44. The molecule has 3 heterocycles. The van der Waals surface area contributed by atoms with E-state index in [1.165, 1.54) is 0 Å². The molecule has 1 fully saturated rings. The van der Waals surface area contributed by atoms with Gasteiger partial charge in [-0.15, -0.1) is 0 Å². The standard InChI is InChI=1S/C16H22N6O/c1-12-5-8-22(9-6-12)15-19-14(20-16(21-15)23-2)18-11-13-4-3-7-17-10-13/h3-4,7,10,12H,5-6,8-9,11H2,1-2H3,(H,18,19,20,21). The predicted octanol–water partition coefficient (Wildman–Crippen LogP) is 2.12. The number of pyridine rings is 1. The fourth-order valence-corrected chi connectivity index (χ4v) is 2.55. The van der Waals surface area contributed by atoms with E-state index in [1.54, 1.807) is 13.3 Å². The van der Waals surface area contributed by atoms with Gasteiger partial charge in [-0.2, -0.15) is 15.0 Å². The highest BCUT2D eigenvalue weighted by atomic mass is 16.5. The molecule has 7 nitrogen and oxygen atoms in total. The molecule has 1 saturated heterocycles. The Balaban J connectivity index is 1.73. The van der Waals surface area contributed by atoms with E-state index in [9.17, 15) is 0 Å². The van der Waals surface area contributed by atoms with Crippen LogP contribution in [0.4, 0.5) is 11.9 Å². The van der Waals surface area contributed by atoms with Crippen molar-refractivity contribution in [1.82, 2.24) is 19.9 Å². The van der Waals surface area contributed by atoms with Crippen molar-refractivity contribution in [2.45, 2.75) is 26.3 Å². The summed E-state index contributed by atoms with van der Waals surface area (Å²) in [7, 11) is 1.57. The number of rotatable bonds is 5. The van der Waals surface area contributed by atoms with Crippen LogP contribution in [0.15, 0.2) is 24.5 Å². The quantitative estimate of drug-likeness (QED) is 0.906. The van der Waals surface area contributed by atoms with Crippen molar-refractivity contribution < 1.29 is 4.74 Å². The maximum atomic E-state index is 5.22. The third-order valence-corrected chi connectivity index (χ3v) is 4.03. The van der Waals surface area contributed by atoms with E-state index in [0.717, 1.165) is 37.4 Å². The first kappa shape index (κ1) is 15.5. The van der Waals surface area contributed by atoms with Gasteiger partial charge in [-0.3, -0.25) is 4.98 Å². The Morgan fingerprint density at radius 3 is 2.78 bits per heavy atom. The highest BCUT2D eigenvalue weighted by molar-refractivity contribution is 5.39. The number of ether oxygens (including phenoxy) is 1. The van der Waals surface area contributed by atoms with Crippen LogP contribution in [0.2, 0.25) is 0 Å². The lowest BCUT2D eigenvalue weighted by atomic mass is 10.00. The summed E-state index contributed by atoms with van der Waals surface area (Å²) < 4.78 is 5.22. The number of nitrogens with one attached hydrogen (secondary N) is 1. The van der Waals surface area contributed by atoms with Crippen LogP contribution in [0.5, 0.6) is 6.01 Å². The second-order valence-electron chi connectivity index (χ2n) is 5.83. The molecule has 23 heavy (non-hydrogen) atoms. The third kappa shape index (κ3) is 4.06. The van der Waals surface area contributed by atoms with Crippen LogP contribution in [0, 0.1) is 5.92 Å². The van der Waals surface area contributed by atoms with Crippen molar-refractivity contribution in [1.29, 1.82) is 0 Å². The first-order valence-electron chi connectivity index (χ1n) is 7.92. The highest BCUT2D eigenvalue weighted by Gasteiger charge is 2.19. The molecule has 0 unspecified atom stereocenters. The van der Waals surface area contributed by atoms with Gasteiger partial charge in [0.15, 0.2) is 0 Å². The Bertz CT molecular complexity index is 628. The van der Waals surface area contributed by atoms with Crippen molar-refractivity contribution in [3.63, 3.8) is 0 Å². The van der Waals surface area contributed by atoms with Gasteiger partial charge in [0.05, 0.1) is 7.11 Å². The number of nitrogens with zero attached hydrogens (tertiary/aromatic N) is 5. The maximum absolute atomic E-state index is 5.22. The van der Waals surface area contributed by atoms with Gasteiger partial charge in [0.2, 0.25) is 11.9 Å². The van der Waals surface area contributed by atoms with Crippen LogP contribution in [0.1, 0.15) is 25.3 Å². The largest absolute Gasteiger partial charge is 0.467 e. The van der Waals surface area contributed by atoms with Crippen molar-refractivity contribution in [3.8, 4) is 6.01 Å². The minimum atomic E-state index is 0.335. The Morgan fingerprint density at radius 2 is 2.09 bits per heavy atom. The molecule has 3 rings (SSSR count). The van der Waals surface area contributed by atoms with Gasteiger partial charge in [0.25, 0.3) is 0 Å². The summed E-state index contributed by atoms with van der Waals surface area (Å²) in [5.41, 5.74) is 1.07. The Labute approximate surface area is 136 Å². The average molecular weight is 314 g/mol. The Kier molecular flexibility index (Phi) is 4.85. The molecule has 1 aliphatic rings. The lowest BCUT2D eigenvalue weighted by Crippen LogP contribution is -2.34. The molecule has 0 aromatic carbocycles. The van der Waals surface area contributed by atoms with E-state index in [4.69, 9.17) is 4.74 Å². The topological polar surface area (TPSA) is 76.1 Å². The smallest absolute Gasteiger partial charge is 0.322 e. The number of hydrogen-bond donors (Lipinski definition) is 1. The average Bonchev–Trinajstić information content (AvgIpc) is 2.61. The lowest BCUT2D eigenvalue weighted by Gasteiger charge is -2.30. The number of anilines is 2. The summed E-state index contributed by atoms with van der Waals surface area (Å²) in [5, 5.41) is 3.22. The minimum Gasteiger partial charge on any atom is -0.467 e. The van der Waals surface area contributed by atoms with Gasteiger partial charge < -0.3 is 15.0 Å². The van der Waals surface area contributed by atoms with Gasteiger partial charge in [-0.25, -0.2) is 0 Å². The zero-order valence-electron chi connectivity index (χ0n) is 13.6. The summed E-state index contributed by atoms with van der Waals surface area (Å²) in [6, 6.07) is 4.25. The van der Waals surface area contributed by atoms with E-state index < -0.39 is 0 Å². The first-order valence-corrected chi connectivity index (χ1v) is 7.92. The second kappa shape index (κ2) is 7.21. The lowest BCUT2D eigenvalue weighted by molar-refractivity contribution is 0.376. The van der Waals surface area contributed by atoms with Gasteiger partial charge in [-0.1, -0.05) is 13.0 Å². The summed E-state index contributed by atoms with van der Waals surface area (Å²) in [5.74, 6) is 1.96. The fraction of sp³-hybridized carbons (Fsp3) is 0.500. The molecule has 1 N–H and O–H groups in total. The van der Waals surface area contributed by atoms with E-state index in [2.05, 4.69) is 37.1 Å². The third-order valence-electron chi connectivity index (χ3n) is 4.03. The van der Waals surface area contributed by atoms with Crippen LogP contribution < -0.4 is 15.0 Å². The minimum absolute atomic E-state index is 0.335. The molecular weight excluding hydrogens is 292 g/mol. The molecule has 0 spiro atoms. The van der Waals surface area contributed by atoms with Crippen molar-refractivity contribution >= 4 is 11.9 Å². The molecule has 0 atom stereocenters. The number of aromatic nitrogens is 4. The normalized spacial score (nSPS) is 15.5. The SMILES string of the molecule is COc1nc(NCc2cccnc2)nc(N2CCC(C)CC2)n1. The van der Waals surface area contributed by atoms with Crippen molar-refractivity contribution in [2.24, 2.45) is 5.92 Å². The molecule has 122 valence electrons. The second-order valence-corrected chi connectivity index (χ2v) is 5.83. The molecule has 0 radical (unpaired) electrons. The summed E-state index contributed by atoms with van der Waals surface area (Å²) in [6.45, 7) is 4.83. The van der Waals surface area contributed by atoms with Gasteiger partial charge >= 0.3 is 6.01 Å². The fourth-order valence-electron chi connectivity index (χ4n) is 2.55. The summed E-state index contributed by atoms with van der Waals surface area (Å²) >= 11 is 0. The van der Waals surface area contributed by atoms with Crippen LogP contribution in [-0.4, -0.2) is 40.1 Å². The van der Waals surface area contributed by atoms with Crippen LogP contribution in [-0.2, 0) is 6.54 Å². The Morgan fingerprint density at radius 1 is 1.26 bits per heavy atom. The molecule has 1 aliphatic heterocycles. The van der Waals surface area contributed by atoms with E-state index in [0.29, 0.717) is 24.5 Å². The van der Waals surface area contributed by atoms with Gasteiger partial charge in [0, 0.05) is 32.0 Å². The van der Waals surface area contributed by atoms with Crippen LogP contribution >= 0.6 is 0 Å². The van der Waals surface area contributed by atoms with Gasteiger partial charge in [-0.05, 0) is 30.4 Å². The van der Waals surface area contributed by atoms with E-state index in [1.807, 2.05) is 18.3 Å². The molecule has 2 aromatic rings. The molecule has 2 aromatic heterocycles. The highest BCUT2D eigenvalue weighted by Crippen LogP contribution is 2.22. The van der Waals surface area contributed by atoms with Crippen molar-refractivity contribution in [2.75, 3.05) is 30.4 Å². The molecule has 0 amide bonds. The van der Waals surface area contributed by atoms with Gasteiger partial charge in [0.1, 0.15) is 0 Å². The van der Waals surface area contributed by atoms with E-state index >= 15 is 0 Å². The molecular formula is C16H22N6O. The van der Waals surface area contributed by atoms with Crippen LogP contribution in [0.3, 0.4) is 0 Å². The molecule has 0 aliphatic carbocycles. The van der Waals surface area contributed by atoms with Crippen LogP contribution in [0.25, 0.3) is 0 Å². The maximum Gasteiger partial charge on any atom is 0.322 e. The monoisotopic (exact) mass is 314 g/mol. The molecule has 7 heteroatoms. The summed E-state index contributed by atoms with van der Waals surface area (Å²) in [4.78, 5) is 19.5. The molecule has 0 saturated carbocycles. The zero-order chi connectivity index (χ0) is 16.1. The predicted molar refractivity (Wildman–Crippen MR) is 88.6 cm³/mol. The number of piperidine rings is 1. The first-order chi connectivity index (χ1) is 11.2.